The van der Waals surface area contributed by atoms with E-state index >= 15 is 0 Å². The largest absolute Gasteiger partial charge is 0.305 e. The lowest BCUT2D eigenvalue weighted by atomic mass is 10.1. The first-order valence-corrected chi connectivity index (χ1v) is 7.04. The number of thiophene rings is 1. The van der Waals surface area contributed by atoms with Crippen molar-refractivity contribution in [2.75, 3.05) is 0 Å². The molecule has 1 aromatic carbocycles. The second-order valence-electron chi connectivity index (χ2n) is 4.11. The number of nitro groups is 1. The number of hydrogen-bond acceptors (Lipinski definition) is 4. The van der Waals surface area contributed by atoms with Gasteiger partial charge in [-0.05, 0) is 24.4 Å². The minimum Gasteiger partial charge on any atom is -0.305 e. The van der Waals surface area contributed by atoms with Gasteiger partial charge >= 0.3 is 0 Å². The molecule has 0 bridgehead atoms. The van der Waals surface area contributed by atoms with Crippen molar-refractivity contribution in [1.29, 1.82) is 0 Å². The lowest BCUT2D eigenvalue weighted by molar-refractivity contribution is -0.385. The first-order valence-electron chi connectivity index (χ1n) is 5.78. The van der Waals surface area contributed by atoms with Crippen LogP contribution in [0.5, 0.6) is 0 Å². The Morgan fingerprint density at radius 2 is 2.21 bits per heavy atom. The predicted molar refractivity (Wildman–Crippen MR) is 77.7 cm³/mol. The van der Waals surface area contributed by atoms with Crippen LogP contribution >= 0.6 is 22.9 Å². The molecule has 0 aliphatic heterocycles. The van der Waals surface area contributed by atoms with Gasteiger partial charge in [-0.25, -0.2) is 0 Å². The summed E-state index contributed by atoms with van der Waals surface area (Å²) in [6, 6.07) is 8.88. The quantitative estimate of drug-likeness (QED) is 0.666. The van der Waals surface area contributed by atoms with Crippen molar-refractivity contribution in [3.8, 4) is 0 Å². The van der Waals surface area contributed by atoms with Gasteiger partial charge in [0.15, 0.2) is 0 Å². The van der Waals surface area contributed by atoms with E-state index in [9.17, 15) is 10.1 Å². The van der Waals surface area contributed by atoms with E-state index in [-0.39, 0.29) is 11.7 Å². The molecule has 100 valence electrons. The van der Waals surface area contributed by atoms with E-state index in [1.165, 1.54) is 10.9 Å². The summed E-state index contributed by atoms with van der Waals surface area (Å²) in [7, 11) is 0. The van der Waals surface area contributed by atoms with Crippen molar-refractivity contribution in [1.82, 2.24) is 5.32 Å². The standard InChI is InChI=1S/C13H13ClN2O2S/c1-9(13-6-3-7-19-13)15-8-10-11(14)4-2-5-12(10)16(17)18/h2-7,9,15H,8H2,1H3/t9-/m0/s1. The monoisotopic (exact) mass is 296 g/mol. The van der Waals surface area contributed by atoms with Crippen LogP contribution in [0.2, 0.25) is 5.02 Å². The highest BCUT2D eigenvalue weighted by Gasteiger charge is 2.17. The average molecular weight is 297 g/mol. The molecular formula is C13H13ClN2O2S. The maximum atomic E-state index is 11.0. The van der Waals surface area contributed by atoms with Gasteiger partial charge in [-0.2, -0.15) is 0 Å². The Bertz CT molecular complexity index is 572. The van der Waals surface area contributed by atoms with Crippen LogP contribution in [0, 0.1) is 10.1 Å². The van der Waals surface area contributed by atoms with Crippen LogP contribution < -0.4 is 5.32 Å². The van der Waals surface area contributed by atoms with E-state index in [1.807, 2.05) is 24.4 Å². The fraction of sp³-hybridized carbons (Fsp3) is 0.231. The SMILES string of the molecule is C[C@H](NCc1c(Cl)cccc1[N+](=O)[O-])c1cccs1. The van der Waals surface area contributed by atoms with E-state index < -0.39 is 4.92 Å². The fourth-order valence-corrected chi connectivity index (χ4v) is 2.78. The van der Waals surface area contributed by atoms with E-state index in [0.29, 0.717) is 17.1 Å². The second kappa shape index (κ2) is 6.14. The summed E-state index contributed by atoms with van der Waals surface area (Å²) in [6.45, 7) is 2.39. The Morgan fingerprint density at radius 3 is 2.84 bits per heavy atom. The van der Waals surface area contributed by atoms with Gasteiger partial charge in [0, 0.05) is 23.5 Å². The van der Waals surface area contributed by atoms with Crippen molar-refractivity contribution in [3.05, 3.63) is 61.3 Å². The minimum atomic E-state index is -0.404. The zero-order chi connectivity index (χ0) is 13.8. The fourth-order valence-electron chi connectivity index (χ4n) is 1.79. The minimum absolute atomic E-state index is 0.0541. The van der Waals surface area contributed by atoms with Gasteiger partial charge in [-0.15, -0.1) is 11.3 Å². The van der Waals surface area contributed by atoms with Gasteiger partial charge < -0.3 is 5.32 Å². The molecule has 1 N–H and O–H groups in total. The summed E-state index contributed by atoms with van der Waals surface area (Å²) in [5.74, 6) is 0. The van der Waals surface area contributed by atoms with Crippen molar-refractivity contribution in [2.45, 2.75) is 19.5 Å². The first-order chi connectivity index (χ1) is 9.09. The molecule has 6 heteroatoms. The van der Waals surface area contributed by atoms with Gasteiger partial charge in [0.1, 0.15) is 0 Å². The average Bonchev–Trinajstić information content (AvgIpc) is 2.90. The predicted octanol–water partition coefficient (Wildman–Crippen LogP) is 4.16. The molecule has 0 aliphatic rings. The summed E-state index contributed by atoms with van der Waals surface area (Å²) in [5, 5.41) is 16.6. The molecule has 0 saturated heterocycles. The summed E-state index contributed by atoms with van der Waals surface area (Å²) in [6.07, 6.45) is 0. The maximum Gasteiger partial charge on any atom is 0.275 e. The molecule has 0 spiro atoms. The summed E-state index contributed by atoms with van der Waals surface area (Å²) in [4.78, 5) is 11.8. The van der Waals surface area contributed by atoms with Crippen LogP contribution in [0.15, 0.2) is 35.7 Å². The number of nitro benzene ring substituents is 1. The molecule has 2 aromatic rings. The highest BCUT2D eigenvalue weighted by Crippen LogP contribution is 2.27. The molecule has 2 rings (SSSR count). The summed E-state index contributed by atoms with van der Waals surface area (Å²) >= 11 is 7.69. The van der Waals surface area contributed by atoms with Gasteiger partial charge in [-0.3, -0.25) is 10.1 Å². The molecule has 0 aliphatic carbocycles. The van der Waals surface area contributed by atoms with Crippen LogP contribution in [0.1, 0.15) is 23.4 Å². The van der Waals surface area contributed by atoms with Gasteiger partial charge in [0.05, 0.1) is 15.5 Å². The van der Waals surface area contributed by atoms with Crippen LogP contribution in [-0.4, -0.2) is 4.92 Å². The zero-order valence-electron chi connectivity index (χ0n) is 10.3. The van der Waals surface area contributed by atoms with Crippen LogP contribution in [0.3, 0.4) is 0 Å². The molecule has 1 heterocycles. The number of nitrogens with one attached hydrogen (secondary N) is 1. The highest BCUT2D eigenvalue weighted by molar-refractivity contribution is 7.10. The van der Waals surface area contributed by atoms with Gasteiger partial charge in [0.2, 0.25) is 0 Å². The van der Waals surface area contributed by atoms with E-state index in [1.54, 1.807) is 23.5 Å². The number of nitrogens with zero attached hydrogens (tertiary/aromatic N) is 1. The van der Waals surface area contributed by atoms with Crippen LogP contribution in [-0.2, 0) is 6.54 Å². The Kier molecular flexibility index (Phi) is 4.52. The first kappa shape index (κ1) is 14.0. The molecule has 0 radical (unpaired) electrons. The third kappa shape index (κ3) is 3.32. The molecule has 0 saturated carbocycles. The lowest BCUT2D eigenvalue weighted by Crippen LogP contribution is -2.18. The Hall–Kier alpha value is -1.43. The van der Waals surface area contributed by atoms with Crippen molar-refractivity contribution >= 4 is 28.6 Å². The summed E-state index contributed by atoms with van der Waals surface area (Å²) < 4.78 is 0. The molecule has 4 nitrogen and oxygen atoms in total. The topological polar surface area (TPSA) is 55.2 Å². The third-order valence-electron chi connectivity index (χ3n) is 2.85. The molecule has 19 heavy (non-hydrogen) atoms. The smallest absolute Gasteiger partial charge is 0.275 e. The Labute approximate surface area is 120 Å². The van der Waals surface area contributed by atoms with Gasteiger partial charge in [0.25, 0.3) is 5.69 Å². The number of rotatable bonds is 5. The van der Waals surface area contributed by atoms with Gasteiger partial charge in [-0.1, -0.05) is 23.7 Å². The Balaban J connectivity index is 2.13. The normalized spacial score (nSPS) is 12.3. The highest BCUT2D eigenvalue weighted by atomic mass is 35.5. The number of benzene rings is 1. The third-order valence-corrected chi connectivity index (χ3v) is 4.25. The van der Waals surface area contributed by atoms with E-state index in [4.69, 9.17) is 11.6 Å². The number of halogens is 1. The zero-order valence-corrected chi connectivity index (χ0v) is 11.9. The van der Waals surface area contributed by atoms with Crippen molar-refractivity contribution in [3.63, 3.8) is 0 Å². The van der Waals surface area contributed by atoms with Crippen molar-refractivity contribution < 1.29 is 4.92 Å². The van der Waals surface area contributed by atoms with Crippen molar-refractivity contribution in [2.24, 2.45) is 0 Å². The molecule has 0 unspecified atom stereocenters. The maximum absolute atomic E-state index is 11.0. The molecule has 0 fully saturated rings. The van der Waals surface area contributed by atoms with Crippen LogP contribution in [0.4, 0.5) is 5.69 Å². The van der Waals surface area contributed by atoms with E-state index in [2.05, 4.69) is 5.32 Å². The second-order valence-corrected chi connectivity index (χ2v) is 5.50. The molecule has 1 aromatic heterocycles. The van der Waals surface area contributed by atoms with Crippen LogP contribution in [0.25, 0.3) is 0 Å². The molecule has 0 amide bonds. The number of hydrogen-bond donors (Lipinski definition) is 1. The Morgan fingerprint density at radius 1 is 1.42 bits per heavy atom. The molecule has 1 atom stereocenters. The van der Waals surface area contributed by atoms with E-state index in [0.717, 1.165) is 0 Å². The lowest BCUT2D eigenvalue weighted by Gasteiger charge is -2.13. The summed E-state index contributed by atoms with van der Waals surface area (Å²) in [5.41, 5.74) is 0.580. The molecular weight excluding hydrogens is 284 g/mol.